The summed E-state index contributed by atoms with van der Waals surface area (Å²) in [6.45, 7) is 3.62. The van der Waals surface area contributed by atoms with Crippen molar-refractivity contribution in [2.24, 2.45) is 11.7 Å². The van der Waals surface area contributed by atoms with Gasteiger partial charge < -0.3 is 11.1 Å². The van der Waals surface area contributed by atoms with Crippen LogP contribution >= 0.6 is 12.2 Å². The summed E-state index contributed by atoms with van der Waals surface area (Å²) >= 11 is 4.82. The molecule has 0 aliphatic rings. The number of nitrogens with one attached hydrogen (secondary N) is 1. The van der Waals surface area contributed by atoms with E-state index in [1.165, 1.54) is 12.1 Å². The molecule has 0 spiro atoms. The van der Waals surface area contributed by atoms with Gasteiger partial charge in [0, 0.05) is 0 Å². The highest BCUT2D eigenvalue weighted by atomic mass is 32.1. The molecule has 0 aromatic heterocycles. The number of benzene rings is 1. The zero-order valence-electron chi connectivity index (χ0n) is 10.0. The molecule has 98 valence electrons. The highest BCUT2D eigenvalue weighted by Crippen LogP contribution is 2.12. The van der Waals surface area contributed by atoms with E-state index >= 15 is 0 Å². The van der Waals surface area contributed by atoms with E-state index < -0.39 is 23.6 Å². The maximum atomic E-state index is 13.4. The van der Waals surface area contributed by atoms with Crippen LogP contribution in [-0.2, 0) is 0 Å². The average molecular weight is 272 g/mol. The first kappa shape index (κ1) is 14.5. The van der Waals surface area contributed by atoms with Crippen LogP contribution in [0.1, 0.15) is 24.2 Å². The molecule has 3 nitrogen and oxygen atoms in total. The largest absolute Gasteiger partial charge is 0.392 e. The summed E-state index contributed by atoms with van der Waals surface area (Å²) in [7, 11) is 0. The minimum Gasteiger partial charge on any atom is -0.392 e. The van der Waals surface area contributed by atoms with Crippen molar-refractivity contribution in [3.05, 3.63) is 35.4 Å². The predicted octanol–water partition coefficient (Wildman–Crippen LogP) is 2.01. The van der Waals surface area contributed by atoms with Crippen LogP contribution in [0.4, 0.5) is 8.78 Å². The van der Waals surface area contributed by atoms with E-state index in [9.17, 15) is 13.6 Å². The Hall–Kier alpha value is -1.56. The van der Waals surface area contributed by atoms with Gasteiger partial charge in [-0.3, -0.25) is 4.79 Å². The molecule has 0 bridgehead atoms. The standard InChI is InChI=1S/C12H14F2N2OS/c1-6(2)10(11(15)18)16-12(17)7-4-3-5-8(13)9(7)14/h3-6,10H,1-2H3,(H2,15,18)(H,16,17). The molecular weight excluding hydrogens is 258 g/mol. The van der Waals surface area contributed by atoms with Crippen molar-refractivity contribution in [1.29, 1.82) is 0 Å². The molecule has 0 heterocycles. The number of nitrogens with two attached hydrogens (primary N) is 1. The lowest BCUT2D eigenvalue weighted by Gasteiger charge is -2.21. The van der Waals surface area contributed by atoms with E-state index in [4.69, 9.17) is 18.0 Å². The Morgan fingerprint density at radius 1 is 1.39 bits per heavy atom. The monoisotopic (exact) mass is 272 g/mol. The first-order valence-electron chi connectivity index (χ1n) is 5.38. The van der Waals surface area contributed by atoms with Crippen molar-refractivity contribution in [1.82, 2.24) is 5.32 Å². The first-order valence-corrected chi connectivity index (χ1v) is 5.79. The molecule has 0 saturated carbocycles. The molecule has 3 N–H and O–H groups in total. The molecule has 1 unspecified atom stereocenters. The molecule has 0 fully saturated rings. The number of thiocarbonyl (C=S) groups is 1. The zero-order chi connectivity index (χ0) is 13.9. The van der Waals surface area contributed by atoms with E-state index in [1.54, 1.807) is 0 Å². The van der Waals surface area contributed by atoms with Gasteiger partial charge >= 0.3 is 0 Å². The number of amides is 1. The van der Waals surface area contributed by atoms with Gasteiger partial charge in [-0.2, -0.15) is 0 Å². The second kappa shape index (κ2) is 5.86. The molecule has 1 aromatic carbocycles. The molecule has 1 amide bonds. The normalized spacial score (nSPS) is 12.3. The molecule has 0 radical (unpaired) electrons. The van der Waals surface area contributed by atoms with Crippen molar-refractivity contribution in [2.75, 3.05) is 0 Å². The lowest BCUT2D eigenvalue weighted by Crippen LogP contribution is -2.47. The third-order valence-corrected chi connectivity index (χ3v) is 2.71. The van der Waals surface area contributed by atoms with Crippen LogP contribution in [-0.4, -0.2) is 16.9 Å². The Morgan fingerprint density at radius 2 is 2.00 bits per heavy atom. The lowest BCUT2D eigenvalue weighted by molar-refractivity contribution is 0.0934. The predicted molar refractivity (Wildman–Crippen MR) is 69.2 cm³/mol. The average Bonchev–Trinajstić information content (AvgIpc) is 2.28. The number of hydrogen-bond donors (Lipinski definition) is 2. The summed E-state index contributed by atoms with van der Waals surface area (Å²) in [5.41, 5.74) is 5.12. The molecule has 1 atom stereocenters. The molecule has 0 aliphatic heterocycles. The Balaban J connectivity index is 2.94. The fourth-order valence-corrected chi connectivity index (χ4v) is 1.80. The maximum Gasteiger partial charge on any atom is 0.254 e. The number of halogens is 2. The summed E-state index contributed by atoms with van der Waals surface area (Å²) < 4.78 is 26.4. The van der Waals surface area contributed by atoms with Gasteiger partial charge in [0.2, 0.25) is 0 Å². The van der Waals surface area contributed by atoms with Gasteiger partial charge in [0.15, 0.2) is 11.6 Å². The molecule has 6 heteroatoms. The number of rotatable bonds is 4. The first-order chi connectivity index (χ1) is 8.34. The van der Waals surface area contributed by atoms with E-state index in [1.807, 2.05) is 13.8 Å². The molecule has 18 heavy (non-hydrogen) atoms. The minimum absolute atomic E-state index is 0.0388. The van der Waals surface area contributed by atoms with Crippen LogP contribution in [0, 0.1) is 17.6 Å². The Morgan fingerprint density at radius 3 is 2.50 bits per heavy atom. The van der Waals surface area contributed by atoms with Crippen molar-refractivity contribution in [2.45, 2.75) is 19.9 Å². The maximum absolute atomic E-state index is 13.4. The van der Waals surface area contributed by atoms with Crippen LogP contribution in [0.25, 0.3) is 0 Å². The van der Waals surface area contributed by atoms with Gasteiger partial charge in [-0.25, -0.2) is 8.78 Å². The van der Waals surface area contributed by atoms with Crippen molar-refractivity contribution < 1.29 is 13.6 Å². The number of carbonyl (C=O) groups is 1. The summed E-state index contributed by atoms with van der Waals surface area (Å²) in [6, 6.07) is 2.85. The van der Waals surface area contributed by atoms with Crippen molar-refractivity contribution in [3.63, 3.8) is 0 Å². The fourth-order valence-electron chi connectivity index (χ4n) is 1.46. The third kappa shape index (κ3) is 3.22. The van der Waals surface area contributed by atoms with E-state index in [2.05, 4.69) is 5.32 Å². The van der Waals surface area contributed by atoms with Gasteiger partial charge in [-0.1, -0.05) is 32.1 Å². The molecule has 0 saturated heterocycles. The summed E-state index contributed by atoms with van der Waals surface area (Å²) in [5.74, 6) is -3.03. The minimum atomic E-state index is -1.18. The van der Waals surface area contributed by atoms with Gasteiger partial charge in [0.05, 0.1) is 16.6 Å². The number of carbonyl (C=O) groups excluding carboxylic acids is 1. The quantitative estimate of drug-likeness (QED) is 0.824. The van der Waals surface area contributed by atoms with Crippen LogP contribution in [0.5, 0.6) is 0 Å². The van der Waals surface area contributed by atoms with Crippen molar-refractivity contribution in [3.8, 4) is 0 Å². The topological polar surface area (TPSA) is 55.1 Å². The van der Waals surface area contributed by atoms with E-state index in [-0.39, 0.29) is 16.5 Å². The SMILES string of the molecule is CC(C)C(NC(=O)c1cccc(F)c1F)C(N)=S. The van der Waals surface area contributed by atoms with E-state index in [0.29, 0.717) is 0 Å². The smallest absolute Gasteiger partial charge is 0.254 e. The van der Waals surface area contributed by atoms with Crippen LogP contribution in [0.3, 0.4) is 0 Å². The van der Waals surface area contributed by atoms with Gasteiger partial charge in [-0.05, 0) is 18.1 Å². The second-order valence-corrected chi connectivity index (χ2v) is 4.67. The molecule has 0 aliphatic carbocycles. The highest BCUT2D eigenvalue weighted by molar-refractivity contribution is 7.80. The van der Waals surface area contributed by atoms with Gasteiger partial charge in [-0.15, -0.1) is 0 Å². The van der Waals surface area contributed by atoms with Crippen LogP contribution in [0.2, 0.25) is 0 Å². The molecular formula is C12H14F2N2OS. The van der Waals surface area contributed by atoms with Crippen LogP contribution < -0.4 is 11.1 Å². The Kier molecular flexibility index (Phi) is 4.72. The fraction of sp³-hybridized carbons (Fsp3) is 0.333. The Bertz CT molecular complexity index is 477. The second-order valence-electron chi connectivity index (χ2n) is 4.20. The molecule has 1 rings (SSSR count). The third-order valence-electron chi connectivity index (χ3n) is 2.46. The van der Waals surface area contributed by atoms with E-state index in [0.717, 1.165) is 6.07 Å². The summed E-state index contributed by atoms with van der Waals surface area (Å²) in [4.78, 5) is 11.9. The summed E-state index contributed by atoms with van der Waals surface area (Å²) in [6.07, 6.45) is 0. The van der Waals surface area contributed by atoms with Gasteiger partial charge in [0.1, 0.15) is 0 Å². The Labute approximate surface area is 109 Å². The lowest BCUT2D eigenvalue weighted by atomic mass is 10.0. The van der Waals surface area contributed by atoms with Gasteiger partial charge in [0.25, 0.3) is 5.91 Å². The highest BCUT2D eigenvalue weighted by Gasteiger charge is 2.22. The number of hydrogen-bond acceptors (Lipinski definition) is 2. The van der Waals surface area contributed by atoms with Crippen molar-refractivity contribution >= 4 is 23.1 Å². The molecule has 1 aromatic rings. The zero-order valence-corrected chi connectivity index (χ0v) is 10.9. The van der Waals surface area contributed by atoms with Crippen LogP contribution in [0.15, 0.2) is 18.2 Å². The summed E-state index contributed by atoms with van der Waals surface area (Å²) in [5, 5.41) is 2.49.